The third-order valence-corrected chi connectivity index (χ3v) is 2.70. The molecule has 2 N–H and O–H groups in total. The zero-order chi connectivity index (χ0) is 14.1. The van der Waals surface area contributed by atoms with E-state index in [1.54, 1.807) is 7.11 Å². The molecule has 0 fully saturated rings. The zero-order valence-corrected chi connectivity index (χ0v) is 12.5. The summed E-state index contributed by atoms with van der Waals surface area (Å²) in [5.41, 5.74) is 0. The molecule has 0 amide bonds. The maximum Gasteiger partial charge on any atom is 0.135 e. The Kier molecular flexibility index (Phi) is 7.18. The predicted molar refractivity (Wildman–Crippen MR) is 79.9 cm³/mol. The van der Waals surface area contributed by atoms with Crippen molar-refractivity contribution in [3.05, 3.63) is 11.9 Å². The van der Waals surface area contributed by atoms with E-state index in [0.717, 1.165) is 50.0 Å². The standard InChI is InChI=1S/C14H26N4O/c1-5-15-12-10-13(16-8-6-7-9-19-4)18-14(17-12)11(2)3/h10-11H,5-9H2,1-4H3,(H2,15,16,17,18). The van der Waals surface area contributed by atoms with Crippen molar-refractivity contribution in [3.63, 3.8) is 0 Å². The molecule has 0 radical (unpaired) electrons. The predicted octanol–water partition coefficient (Wildman–Crippen LogP) is 2.87. The molecule has 1 rings (SSSR count). The number of aromatic nitrogens is 2. The van der Waals surface area contributed by atoms with E-state index in [9.17, 15) is 0 Å². The normalized spacial score (nSPS) is 10.8. The fourth-order valence-corrected chi connectivity index (χ4v) is 1.67. The van der Waals surface area contributed by atoms with Crippen molar-refractivity contribution in [2.45, 2.75) is 39.5 Å². The summed E-state index contributed by atoms with van der Waals surface area (Å²) < 4.78 is 5.03. The number of unbranched alkanes of at least 4 members (excludes halogenated alkanes) is 1. The van der Waals surface area contributed by atoms with Gasteiger partial charge in [0.15, 0.2) is 0 Å². The van der Waals surface area contributed by atoms with Gasteiger partial charge in [0.2, 0.25) is 0 Å². The highest BCUT2D eigenvalue weighted by Gasteiger charge is 2.07. The van der Waals surface area contributed by atoms with Gasteiger partial charge in [-0.3, -0.25) is 0 Å². The summed E-state index contributed by atoms with van der Waals surface area (Å²) in [6, 6.07) is 1.96. The van der Waals surface area contributed by atoms with Crippen LogP contribution in [-0.4, -0.2) is 36.8 Å². The monoisotopic (exact) mass is 266 g/mol. The van der Waals surface area contributed by atoms with Gasteiger partial charge in [-0.05, 0) is 19.8 Å². The number of hydrogen-bond donors (Lipinski definition) is 2. The van der Waals surface area contributed by atoms with E-state index in [1.807, 2.05) is 6.07 Å². The van der Waals surface area contributed by atoms with Crippen LogP contribution in [0.3, 0.4) is 0 Å². The van der Waals surface area contributed by atoms with Crippen molar-refractivity contribution in [1.82, 2.24) is 9.97 Å². The van der Waals surface area contributed by atoms with E-state index in [0.29, 0.717) is 5.92 Å². The number of rotatable bonds is 9. The average molecular weight is 266 g/mol. The lowest BCUT2D eigenvalue weighted by Crippen LogP contribution is -2.10. The lowest BCUT2D eigenvalue weighted by molar-refractivity contribution is 0.194. The van der Waals surface area contributed by atoms with Gasteiger partial charge in [-0.2, -0.15) is 0 Å². The second-order valence-corrected chi connectivity index (χ2v) is 4.81. The van der Waals surface area contributed by atoms with Gasteiger partial charge in [-0.15, -0.1) is 0 Å². The van der Waals surface area contributed by atoms with Crippen LogP contribution >= 0.6 is 0 Å². The first-order valence-corrected chi connectivity index (χ1v) is 7.03. The molecule has 0 bridgehead atoms. The molecule has 0 aliphatic heterocycles. The molecule has 0 unspecified atom stereocenters. The van der Waals surface area contributed by atoms with Gasteiger partial charge in [-0.1, -0.05) is 13.8 Å². The Morgan fingerprint density at radius 1 is 1.16 bits per heavy atom. The maximum atomic E-state index is 5.03. The molecule has 1 aromatic heterocycles. The molecular formula is C14H26N4O. The summed E-state index contributed by atoms with van der Waals surface area (Å²) >= 11 is 0. The highest BCUT2D eigenvalue weighted by atomic mass is 16.5. The molecule has 0 aliphatic rings. The second kappa shape index (κ2) is 8.69. The van der Waals surface area contributed by atoms with Gasteiger partial charge in [0.05, 0.1) is 0 Å². The minimum Gasteiger partial charge on any atom is -0.385 e. The Hall–Kier alpha value is -1.36. The van der Waals surface area contributed by atoms with Gasteiger partial charge in [-0.25, -0.2) is 9.97 Å². The van der Waals surface area contributed by atoms with Gasteiger partial charge in [0, 0.05) is 38.8 Å². The number of methoxy groups -OCH3 is 1. The van der Waals surface area contributed by atoms with Crippen LogP contribution < -0.4 is 10.6 Å². The van der Waals surface area contributed by atoms with Gasteiger partial charge < -0.3 is 15.4 Å². The lowest BCUT2D eigenvalue weighted by atomic mass is 10.2. The fraction of sp³-hybridized carbons (Fsp3) is 0.714. The van der Waals surface area contributed by atoms with Crippen molar-refractivity contribution in [2.24, 2.45) is 0 Å². The molecule has 0 atom stereocenters. The van der Waals surface area contributed by atoms with E-state index >= 15 is 0 Å². The number of nitrogens with zero attached hydrogens (tertiary/aromatic N) is 2. The first-order chi connectivity index (χ1) is 9.17. The highest BCUT2D eigenvalue weighted by Crippen LogP contribution is 2.16. The summed E-state index contributed by atoms with van der Waals surface area (Å²) in [5.74, 6) is 2.98. The Morgan fingerprint density at radius 2 is 1.84 bits per heavy atom. The second-order valence-electron chi connectivity index (χ2n) is 4.81. The molecule has 0 saturated heterocycles. The quantitative estimate of drug-likeness (QED) is 0.673. The average Bonchev–Trinajstić information content (AvgIpc) is 2.38. The molecule has 0 aromatic carbocycles. The third-order valence-electron chi connectivity index (χ3n) is 2.70. The smallest absolute Gasteiger partial charge is 0.135 e. The summed E-state index contributed by atoms with van der Waals surface area (Å²) in [6.07, 6.45) is 2.14. The largest absolute Gasteiger partial charge is 0.385 e. The third kappa shape index (κ3) is 5.87. The SMILES string of the molecule is CCNc1cc(NCCCCOC)nc(C(C)C)n1. The molecule has 5 heteroatoms. The molecule has 0 saturated carbocycles. The van der Waals surface area contributed by atoms with E-state index in [1.165, 1.54) is 0 Å². The Bertz CT molecular complexity index is 368. The first-order valence-electron chi connectivity index (χ1n) is 7.03. The van der Waals surface area contributed by atoms with Crippen LogP contribution in [0.2, 0.25) is 0 Å². The van der Waals surface area contributed by atoms with Crippen molar-refractivity contribution >= 4 is 11.6 Å². The maximum absolute atomic E-state index is 5.03. The minimum atomic E-state index is 0.327. The van der Waals surface area contributed by atoms with Gasteiger partial charge >= 0.3 is 0 Å². The molecule has 0 aliphatic carbocycles. The number of nitrogens with one attached hydrogen (secondary N) is 2. The first kappa shape index (κ1) is 15.7. The topological polar surface area (TPSA) is 59.1 Å². The van der Waals surface area contributed by atoms with Crippen molar-refractivity contribution in [1.29, 1.82) is 0 Å². The summed E-state index contributed by atoms with van der Waals surface area (Å²) in [6.45, 7) is 8.85. The molecule has 19 heavy (non-hydrogen) atoms. The number of hydrogen-bond acceptors (Lipinski definition) is 5. The van der Waals surface area contributed by atoms with Crippen LogP contribution in [0, 0.1) is 0 Å². The summed E-state index contributed by atoms with van der Waals surface area (Å²) in [7, 11) is 1.73. The Labute approximate surface area is 116 Å². The van der Waals surface area contributed by atoms with E-state index in [2.05, 4.69) is 41.4 Å². The van der Waals surface area contributed by atoms with Crippen LogP contribution in [-0.2, 0) is 4.74 Å². The van der Waals surface area contributed by atoms with Gasteiger partial charge in [0.25, 0.3) is 0 Å². The summed E-state index contributed by atoms with van der Waals surface area (Å²) in [4.78, 5) is 9.04. The molecule has 5 nitrogen and oxygen atoms in total. The van der Waals surface area contributed by atoms with Crippen LogP contribution in [0.4, 0.5) is 11.6 Å². The van der Waals surface area contributed by atoms with Crippen LogP contribution in [0.15, 0.2) is 6.07 Å². The van der Waals surface area contributed by atoms with Crippen LogP contribution in [0.25, 0.3) is 0 Å². The van der Waals surface area contributed by atoms with Crippen molar-refractivity contribution in [3.8, 4) is 0 Å². The molecule has 1 aromatic rings. The van der Waals surface area contributed by atoms with Crippen LogP contribution in [0.1, 0.15) is 45.4 Å². The Morgan fingerprint density at radius 3 is 2.42 bits per heavy atom. The lowest BCUT2D eigenvalue weighted by Gasteiger charge is -2.12. The molecular weight excluding hydrogens is 240 g/mol. The Balaban J connectivity index is 2.60. The van der Waals surface area contributed by atoms with E-state index < -0.39 is 0 Å². The van der Waals surface area contributed by atoms with E-state index in [4.69, 9.17) is 4.74 Å². The molecule has 1 heterocycles. The minimum absolute atomic E-state index is 0.327. The number of ether oxygens (including phenoxy) is 1. The number of anilines is 2. The summed E-state index contributed by atoms with van der Waals surface area (Å²) in [5, 5.41) is 6.59. The zero-order valence-electron chi connectivity index (χ0n) is 12.5. The fourth-order valence-electron chi connectivity index (χ4n) is 1.67. The van der Waals surface area contributed by atoms with Crippen LogP contribution in [0.5, 0.6) is 0 Å². The molecule has 108 valence electrons. The van der Waals surface area contributed by atoms with Crippen molar-refractivity contribution < 1.29 is 4.74 Å². The highest BCUT2D eigenvalue weighted by molar-refractivity contribution is 5.47. The van der Waals surface area contributed by atoms with Crippen molar-refractivity contribution in [2.75, 3.05) is 37.4 Å². The molecule has 0 spiro atoms. The van der Waals surface area contributed by atoms with Gasteiger partial charge in [0.1, 0.15) is 17.5 Å². The van der Waals surface area contributed by atoms with E-state index in [-0.39, 0.29) is 0 Å².